The van der Waals surface area contributed by atoms with Gasteiger partial charge in [-0.15, -0.1) is 0 Å². The van der Waals surface area contributed by atoms with Gasteiger partial charge in [-0.05, 0) is 44.9 Å². The molecule has 4 rings (SSSR count). The molecule has 2 aliphatic rings. The van der Waals surface area contributed by atoms with E-state index in [1.165, 1.54) is 0 Å². The third-order valence-corrected chi connectivity index (χ3v) is 6.28. The Morgan fingerprint density at radius 2 is 1.84 bits per heavy atom. The number of benzene rings is 1. The number of aromatic nitrogens is 2. The van der Waals surface area contributed by atoms with Gasteiger partial charge < -0.3 is 14.9 Å². The zero-order valence-electron chi connectivity index (χ0n) is 17.5. The van der Waals surface area contributed by atoms with Crippen LogP contribution in [0, 0.1) is 5.92 Å². The molecule has 0 atom stereocenters. The first-order valence-electron chi connectivity index (χ1n) is 10.3. The molecule has 164 valence electrons. The van der Waals surface area contributed by atoms with Crippen molar-refractivity contribution in [1.29, 1.82) is 0 Å². The van der Waals surface area contributed by atoms with Crippen molar-refractivity contribution in [3.63, 3.8) is 0 Å². The molecule has 1 aromatic carbocycles. The number of piperidine rings is 1. The van der Waals surface area contributed by atoms with Crippen LogP contribution in [-0.4, -0.2) is 68.6 Å². The summed E-state index contributed by atoms with van der Waals surface area (Å²) < 4.78 is 1.73. The van der Waals surface area contributed by atoms with Gasteiger partial charge in [-0.1, -0.05) is 23.7 Å². The highest BCUT2D eigenvalue weighted by Crippen LogP contribution is 2.30. The van der Waals surface area contributed by atoms with Crippen molar-refractivity contribution >= 4 is 29.4 Å². The number of likely N-dealkylation sites (tertiary alicyclic amines) is 1. The van der Waals surface area contributed by atoms with Crippen molar-refractivity contribution in [3.8, 4) is 11.3 Å². The molecule has 1 N–H and O–H groups in total. The SMILES string of the molecule is CC1(C)CN(CC(=O)N2CCC(C(=O)O)CC2)C(=O)c2cc(-c3ccc(Cl)cc3)nn21. The summed E-state index contributed by atoms with van der Waals surface area (Å²) in [6, 6.07) is 9.02. The van der Waals surface area contributed by atoms with E-state index >= 15 is 0 Å². The first-order valence-corrected chi connectivity index (χ1v) is 10.7. The predicted molar refractivity (Wildman–Crippen MR) is 115 cm³/mol. The Bertz CT molecular complexity index is 1020. The number of aliphatic carboxylic acids is 1. The maximum absolute atomic E-state index is 13.2. The molecular formula is C22H25ClN4O4. The Hall–Kier alpha value is -2.87. The van der Waals surface area contributed by atoms with Gasteiger partial charge in [0.15, 0.2) is 0 Å². The molecule has 1 aromatic heterocycles. The van der Waals surface area contributed by atoms with Crippen molar-refractivity contribution in [2.75, 3.05) is 26.2 Å². The van der Waals surface area contributed by atoms with Gasteiger partial charge in [-0.3, -0.25) is 19.1 Å². The predicted octanol–water partition coefficient (Wildman–Crippen LogP) is 2.72. The van der Waals surface area contributed by atoms with Gasteiger partial charge in [0.05, 0.1) is 17.2 Å². The monoisotopic (exact) mass is 444 g/mol. The summed E-state index contributed by atoms with van der Waals surface area (Å²) in [5.41, 5.74) is 1.50. The average molecular weight is 445 g/mol. The Labute approximate surface area is 185 Å². The number of nitrogens with zero attached hydrogens (tertiary/aromatic N) is 4. The topological polar surface area (TPSA) is 95.7 Å². The summed E-state index contributed by atoms with van der Waals surface area (Å²) in [4.78, 5) is 40.3. The van der Waals surface area contributed by atoms with Gasteiger partial charge in [0, 0.05) is 30.2 Å². The van der Waals surface area contributed by atoms with E-state index in [4.69, 9.17) is 16.7 Å². The third kappa shape index (κ3) is 4.17. The molecule has 0 spiro atoms. The number of amides is 2. The van der Waals surface area contributed by atoms with Crippen molar-refractivity contribution in [3.05, 3.63) is 41.0 Å². The number of fused-ring (bicyclic) bond motifs is 1. The zero-order valence-corrected chi connectivity index (χ0v) is 18.3. The summed E-state index contributed by atoms with van der Waals surface area (Å²) in [5.74, 6) is -1.61. The van der Waals surface area contributed by atoms with Gasteiger partial charge in [-0.25, -0.2) is 0 Å². The second-order valence-corrected chi connectivity index (χ2v) is 9.24. The molecule has 9 heteroatoms. The van der Waals surface area contributed by atoms with E-state index in [2.05, 4.69) is 5.10 Å². The minimum absolute atomic E-state index is 0.0263. The molecule has 2 aromatic rings. The summed E-state index contributed by atoms with van der Waals surface area (Å²) in [7, 11) is 0. The van der Waals surface area contributed by atoms with E-state index in [-0.39, 0.29) is 18.4 Å². The van der Waals surface area contributed by atoms with Crippen molar-refractivity contribution in [2.45, 2.75) is 32.2 Å². The van der Waals surface area contributed by atoms with Gasteiger partial charge in [0.2, 0.25) is 5.91 Å². The van der Waals surface area contributed by atoms with E-state index < -0.39 is 17.4 Å². The number of carboxylic acid groups (broad SMARTS) is 1. The zero-order chi connectivity index (χ0) is 22.3. The lowest BCUT2D eigenvalue weighted by atomic mass is 9.97. The molecule has 0 unspecified atom stereocenters. The molecule has 1 fully saturated rings. The highest BCUT2D eigenvalue weighted by Gasteiger charge is 2.39. The third-order valence-electron chi connectivity index (χ3n) is 6.03. The quantitative estimate of drug-likeness (QED) is 0.782. The molecule has 31 heavy (non-hydrogen) atoms. The second-order valence-electron chi connectivity index (χ2n) is 8.80. The van der Waals surface area contributed by atoms with Crippen LogP contribution in [0.5, 0.6) is 0 Å². The van der Waals surface area contributed by atoms with Crippen LogP contribution in [0.3, 0.4) is 0 Å². The van der Waals surface area contributed by atoms with Crippen LogP contribution in [0.2, 0.25) is 5.02 Å². The molecule has 2 aliphatic heterocycles. The van der Waals surface area contributed by atoms with Gasteiger partial charge >= 0.3 is 5.97 Å². The lowest BCUT2D eigenvalue weighted by molar-refractivity contribution is -0.145. The fourth-order valence-electron chi connectivity index (χ4n) is 4.29. The van der Waals surface area contributed by atoms with Crippen molar-refractivity contribution in [2.24, 2.45) is 5.92 Å². The van der Waals surface area contributed by atoms with Crippen LogP contribution in [0.25, 0.3) is 11.3 Å². The standard InChI is InChI=1S/C22H25ClN4O4/c1-22(2)13-26(12-19(28)25-9-7-15(8-10-25)21(30)31)20(29)18-11-17(24-27(18)22)14-3-5-16(23)6-4-14/h3-6,11,15H,7-10,12-13H2,1-2H3,(H,30,31). The number of hydrogen-bond acceptors (Lipinski definition) is 4. The number of carbonyl (C=O) groups is 3. The van der Waals surface area contributed by atoms with Crippen LogP contribution >= 0.6 is 11.6 Å². The Morgan fingerprint density at radius 3 is 2.45 bits per heavy atom. The molecule has 3 heterocycles. The maximum Gasteiger partial charge on any atom is 0.306 e. The molecule has 8 nitrogen and oxygen atoms in total. The fourth-order valence-corrected chi connectivity index (χ4v) is 4.42. The number of halogens is 1. The number of carbonyl (C=O) groups excluding carboxylic acids is 2. The molecule has 0 radical (unpaired) electrons. The van der Waals surface area contributed by atoms with Crippen LogP contribution in [0.1, 0.15) is 37.2 Å². The summed E-state index contributed by atoms with van der Waals surface area (Å²) in [5, 5.41) is 14.4. The Balaban J connectivity index is 1.51. The number of rotatable bonds is 4. The smallest absolute Gasteiger partial charge is 0.306 e. The van der Waals surface area contributed by atoms with E-state index in [1.807, 2.05) is 26.0 Å². The highest BCUT2D eigenvalue weighted by atomic mass is 35.5. The summed E-state index contributed by atoms with van der Waals surface area (Å²) >= 11 is 5.97. The average Bonchev–Trinajstić information content (AvgIpc) is 3.19. The van der Waals surface area contributed by atoms with Crippen molar-refractivity contribution < 1.29 is 19.5 Å². The van der Waals surface area contributed by atoms with E-state index in [0.29, 0.717) is 48.9 Å². The van der Waals surface area contributed by atoms with Crippen LogP contribution in [0.4, 0.5) is 0 Å². The molecular weight excluding hydrogens is 420 g/mol. The first kappa shape index (κ1) is 21.4. The maximum atomic E-state index is 13.2. The molecule has 0 aliphatic carbocycles. The van der Waals surface area contributed by atoms with Crippen molar-refractivity contribution in [1.82, 2.24) is 19.6 Å². The fraction of sp³-hybridized carbons (Fsp3) is 0.455. The van der Waals surface area contributed by atoms with E-state index in [1.54, 1.807) is 32.7 Å². The van der Waals surface area contributed by atoms with Crippen LogP contribution in [-0.2, 0) is 15.1 Å². The van der Waals surface area contributed by atoms with E-state index in [0.717, 1.165) is 5.56 Å². The summed E-state index contributed by atoms with van der Waals surface area (Å²) in [6.45, 7) is 5.11. The van der Waals surface area contributed by atoms with E-state index in [9.17, 15) is 14.4 Å². The minimum atomic E-state index is -0.815. The lowest BCUT2D eigenvalue weighted by Crippen LogP contribution is -2.54. The van der Waals surface area contributed by atoms with Crippen LogP contribution in [0.15, 0.2) is 30.3 Å². The Morgan fingerprint density at radius 1 is 1.19 bits per heavy atom. The second kappa shape index (κ2) is 8.00. The molecule has 0 saturated carbocycles. The number of carboxylic acids is 1. The molecule has 1 saturated heterocycles. The lowest BCUT2D eigenvalue weighted by Gasteiger charge is -2.39. The van der Waals surface area contributed by atoms with Gasteiger partial charge in [0.1, 0.15) is 12.2 Å². The minimum Gasteiger partial charge on any atom is -0.481 e. The molecule has 0 bridgehead atoms. The summed E-state index contributed by atoms with van der Waals surface area (Å²) in [6.07, 6.45) is 0.884. The highest BCUT2D eigenvalue weighted by molar-refractivity contribution is 6.30. The first-order chi connectivity index (χ1) is 14.7. The normalized spacial score (nSPS) is 18.7. The van der Waals surface area contributed by atoms with Gasteiger partial charge in [-0.2, -0.15) is 5.10 Å². The Kier molecular flexibility index (Phi) is 5.51. The number of hydrogen-bond donors (Lipinski definition) is 1. The molecule has 2 amide bonds. The van der Waals surface area contributed by atoms with Crippen LogP contribution < -0.4 is 0 Å². The van der Waals surface area contributed by atoms with Gasteiger partial charge in [0.25, 0.3) is 5.91 Å². The largest absolute Gasteiger partial charge is 0.481 e.